The quantitative estimate of drug-likeness (QED) is 0.868. The average Bonchev–Trinajstić information content (AvgIpc) is 2.55. The Bertz CT molecular complexity index is 499. The van der Waals surface area contributed by atoms with Crippen molar-refractivity contribution in [1.29, 1.82) is 0 Å². The average molecular weight is 320 g/mol. The predicted octanol–water partition coefficient (Wildman–Crippen LogP) is 1.80. The van der Waals surface area contributed by atoms with Crippen molar-refractivity contribution < 1.29 is 9.53 Å². The van der Waals surface area contributed by atoms with Gasteiger partial charge in [-0.2, -0.15) is 0 Å². The number of likely N-dealkylation sites (N-methyl/N-ethyl adjacent to an activating group) is 1. The van der Waals surface area contributed by atoms with Crippen LogP contribution in [-0.4, -0.2) is 80.7 Å². The van der Waals surface area contributed by atoms with Crippen LogP contribution in [0.25, 0.3) is 0 Å². The van der Waals surface area contributed by atoms with E-state index < -0.39 is 0 Å². The van der Waals surface area contributed by atoms with Crippen LogP contribution in [0.5, 0.6) is 5.75 Å². The van der Waals surface area contributed by atoms with Gasteiger partial charge in [-0.15, -0.1) is 0 Å². The van der Waals surface area contributed by atoms with Crippen LogP contribution in [0.4, 0.5) is 10.5 Å². The standard InChI is InChI=1S/C17H28N4O2/c1-4-23-16-8-6-5-7-15(16)18-17(22)21-13-11-20(12-14-21)10-9-19(2)3/h5-8H,4,9-14H2,1-3H3,(H,18,22). The van der Waals surface area contributed by atoms with E-state index in [-0.39, 0.29) is 6.03 Å². The molecule has 0 aromatic heterocycles. The number of rotatable bonds is 6. The number of urea groups is 1. The maximum Gasteiger partial charge on any atom is 0.322 e. The lowest BCUT2D eigenvalue weighted by Gasteiger charge is -2.35. The molecule has 2 rings (SSSR count). The molecule has 1 saturated heterocycles. The van der Waals surface area contributed by atoms with Crippen molar-refractivity contribution in [2.24, 2.45) is 0 Å². The minimum absolute atomic E-state index is 0.0515. The Hall–Kier alpha value is -1.79. The number of hydrogen-bond donors (Lipinski definition) is 1. The van der Waals surface area contributed by atoms with Gasteiger partial charge in [-0.3, -0.25) is 4.90 Å². The van der Waals surface area contributed by atoms with Gasteiger partial charge < -0.3 is 19.9 Å². The first-order valence-corrected chi connectivity index (χ1v) is 8.25. The summed E-state index contributed by atoms with van der Waals surface area (Å²) < 4.78 is 5.55. The topological polar surface area (TPSA) is 48.1 Å². The van der Waals surface area contributed by atoms with E-state index in [9.17, 15) is 4.79 Å². The monoisotopic (exact) mass is 320 g/mol. The zero-order valence-corrected chi connectivity index (χ0v) is 14.4. The molecule has 2 amide bonds. The highest BCUT2D eigenvalue weighted by Crippen LogP contribution is 2.24. The van der Waals surface area contributed by atoms with Crippen molar-refractivity contribution in [3.63, 3.8) is 0 Å². The minimum atomic E-state index is -0.0515. The van der Waals surface area contributed by atoms with E-state index in [4.69, 9.17) is 4.74 Å². The molecule has 1 aromatic rings. The summed E-state index contributed by atoms with van der Waals surface area (Å²) in [6.45, 7) is 7.99. The van der Waals surface area contributed by atoms with Crippen molar-refractivity contribution in [1.82, 2.24) is 14.7 Å². The number of carbonyl (C=O) groups is 1. The van der Waals surface area contributed by atoms with Crippen molar-refractivity contribution >= 4 is 11.7 Å². The normalized spacial score (nSPS) is 15.7. The van der Waals surface area contributed by atoms with Gasteiger partial charge in [-0.05, 0) is 33.2 Å². The molecule has 0 spiro atoms. The third-order valence-corrected chi connectivity index (χ3v) is 3.95. The molecule has 6 heteroatoms. The largest absolute Gasteiger partial charge is 0.492 e. The van der Waals surface area contributed by atoms with Gasteiger partial charge in [0.2, 0.25) is 0 Å². The number of carbonyl (C=O) groups excluding carboxylic acids is 1. The molecule has 0 radical (unpaired) electrons. The summed E-state index contributed by atoms with van der Waals surface area (Å²) in [4.78, 5) is 18.9. The van der Waals surface area contributed by atoms with E-state index in [1.54, 1.807) is 0 Å². The number of anilines is 1. The number of amides is 2. The van der Waals surface area contributed by atoms with Crippen LogP contribution in [0, 0.1) is 0 Å². The number of hydrogen-bond acceptors (Lipinski definition) is 4. The van der Waals surface area contributed by atoms with Gasteiger partial charge in [0.25, 0.3) is 0 Å². The molecule has 1 aliphatic heterocycles. The second kappa shape index (κ2) is 8.74. The van der Waals surface area contributed by atoms with Crippen LogP contribution < -0.4 is 10.1 Å². The fourth-order valence-electron chi connectivity index (χ4n) is 2.56. The Kier molecular flexibility index (Phi) is 6.67. The first kappa shape index (κ1) is 17.6. The third kappa shape index (κ3) is 5.41. The molecule has 1 aliphatic rings. The Morgan fingerprint density at radius 1 is 1.22 bits per heavy atom. The van der Waals surface area contributed by atoms with Gasteiger partial charge in [0.15, 0.2) is 0 Å². The van der Waals surface area contributed by atoms with Gasteiger partial charge in [-0.25, -0.2) is 4.79 Å². The molecular weight excluding hydrogens is 292 g/mol. The molecule has 0 bridgehead atoms. The van der Waals surface area contributed by atoms with Gasteiger partial charge >= 0.3 is 6.03 Å². The van der Waals surface area contributed by atoms with E-state index >= 15 is 0 Å². The third-order valence-electron chi connectivity index (χ3n) is 3.95. The predicted molar refractivity (Wildman–Crippen MR) is 93.2 cm³/mol. The second-order valence-corrected chi connectivity index (χ2v) is 5.99. The Labute approximate surface area is 139 Å². The van der Waals surface area contributed by atoms with Gasteiger partial charge in [-0.1, -0.05) is 12.1 Å². The Balaban J connectivity index is 1.83. The van der Waals surface area contributed by atoms with Gasteiger partial charge in [0.05, 0.1) is 12.3 Å². The van der Waals surface area contributed by atoms with E-state index in [1.165, 1.54) is 0 Å². The smallest absolute Gasteiger partial charge is 0.322 e. The molecule has 1 N–H and O–H groups in total. The van der Waals surface area contributed by atoms with E-state index in [0.29, 0.717) is 12.4 Å². The molecule has 0 unspecified atom stereocenters. The zero-order valence-electron chi connectivity index (χ0n) is 14.4. The summed E-state index contributed by atoms with van der Waals surface area (Å²) in [5, 5.41) is 2.97. The van der Waals surface area contributed by atoms with Crippen LogP contribution in [0.1, 0.15) is 6.92 Å². The molecule has 1 fully saturated rings. The lowest BCUT2D eigenvalue weighted by atomic mass is 10.3. The summed E-state index contributed by atoms with van der Waals surface area (Å²) in [5.41, 5.74) is 0.731. The molecule has 128 valence electrons. The molecule has 1 aromatic carbocycles. The van der Waals surface area contributed by atoms with E-state index in [2.05, 4.69) is 29.2 Å². The van der Waals surface area contributed by atoms with Crippen LogP contribution in [-0.2, 0) is 0 Å². The van der Waals surface area contributed by atoms with Crippen molar-refractivity contribution in [2.45, 2.75) is 6.92 Å². The lowest BCUT2D eigenvalue weighted by molar-refractivity contribution is 0.140. The minimum Gasteiger partial charge on any atom is -0.492 e. The molecule has 0 saturated carbocycles. The van der Waals surface area contributed by atoms with Crippen LogP contribution in [0.15, 0.2) is 24.3 Å². The highest BCUT2D eigenvalue weighted by molar-refractivity contribution is 5.91. The maximum absolute atomic E-state index is 12.4. The number of nitrogens with zero attached hydrogens (tertiary/aromatic N) is 3. The lowest BCUT2D eigenvalue weighted by Crippen LogP contribution is -2.51. The number of ether oxygens (including phenoxy) is 1. The molecule has 0 aliphatic carbocycles. The summed E-state index contributed by atoms with van der Waals surface area (Å²) in [6.07, 6.45) is 0. The molecule has 1 heterocycles. The van der Waals surface area contributed by atoms with Crippen molar-refractivity contribution in [3.8, 4) is 5.75 Å². The Morgan fingerprint density at radius 2 is 1.91 bits per heavy atom. The number of benzene rings is 1. The fraction of sp³-hybridized carbons (Fsp3) is 0.588. The van der Waals surface area contributed by atoms with Gasteiger partial charge in [0, 0.05) is 39.3 Å². The summed E-state index contributed by atoms with van der Waals surface area (Å²) in [5.74, 6) is 0.716. The second-order valence-electron chi connectivity index (χ2n) is 5.99. The summed E-state index contributed by atoms with van der Waals surface area (Å²) in [7, 11) is 4.17. The molecular formula is C17H28N4O2. The van der Waals surface area contributed by atoms with E-state index in [1.807, 2.05) is 36.1 Å². The highest BCUT2D eigenvalue weighted by atomic mass is 16.5. The van der Waals surface area contributed by atoms with Crippen molar-refractivity contribution in [3.05, 3.63) is 24.3 Å². The first-order valence-electron chi connectivity index (χ1n) is 8.25. The first-order chi connectivity index (χ1) is 11.1. The number of para-hydroxylation sites is 2. The highest BCUT2D eigenvalue weighted by Gasteiger charge is 2.21. The molecule has 6 nitrogen and oxygen atoms in total. The maximum atomic E-state index is 12.4. The molecule has 0 atom stereocenters. The van der Waals surface area contributed by atoms with Crippen LogP contribution in [0.3, 0.4) is 0 Å². The van der Waals surface area contributed by atoms with Crippen LogP contribution in [0.2, 0.25) is 0 Å². The summed E-state index contributed by atoms with van der Waals surface area (Å²) in [6, 6.07) is 7.50. The van der Waals surface area contributed by atoms with Crippen LogP contribution >= 0.6 is 0 Å². The number of piperazine rings is 1. The van der Waals surface area contributed by atoms with Gasteiger partial charge in [0.1, 0.15) is 5.75 Å². The SMILES string of the molecule is CCOc1ccccc1NC(=O)N1CCN(CCN(C)C)CC1. The van der Waals surface area contributed by atoms with E-state index in [0.717, 1.165) is 45.0 Å². The summed E-state index contributed by atoms with van der Waals surface area (Å²) >= 11 is 0. The number of nitrogens with one attached hydrogen (secondary N) is 1. The zero-order chi connectivity index (χ0) is 16.7. The fourth-order valence-corrected chi connectivity index (χ4v) is 2.56. The van der Waals surface area contributed by atoms with Crippen molar-refractivity contribution in [2.75, 3.05) is 65.3 Å². The molecule has 23 heavy (non-hydrogen) atoms. The Morgan fingerprint density at radius 3 is 2.57 bits per heavy atom.